The average Bonchev–Trinajstić information content (AvgIpc) is 3.58. The Hall–Kier alpha value is -3.70. The van der Waals surface area contributed by atoms with E-state index in [0.29, 0.717) is 36.1 Å². The van der Waals surface area contributed by atoms with Gasteiger partial charge in [0.25, 0.3) is 0 Å². The van der Waals surface area contributed by atoms with Crippen molar-refractivity contribution >= 4 is 10.9 Å². The van der Waals surface area contributed by atoms with Crippen LogP contribution in [0.15, 0.2) is 109 Å². The van der Waals surface area contributed by atoms with Crippen molar-refractivity contribution in [2.45, 2.75) is 74.8 Å². The van der Waals surface area contributed by atoms with E-state index in [4.69, 9.17) is 4.74 Å². The van der Waals surface area contributed by atoms with Crippen LogP contribution in [0.2, 0.25) is 0 Å². The number of hydrogen-bond acceptors (Lipinski definition) is 3. The number of likely N-dealkylation sites (tertiary alicyclic amines) is 1. The van der Waals surface area contributed by atoms with Gasteiger partial charge in [0.1, 0.15) is 6.10 Å². The van der Waals surface area contributed by atoms with Crippen LogP contribution < -0.4 is 0 Å². The van der Waals surface area contributed by atoms with Crippen molar-refractivity contribution in [3.8, 4) is 11.3 Å². The zero-order valence-electron chi connectivity index (χ0n) is 26.9. The van der Waals surface area contributed by atoms with Gasteiger partial charge in [-0.05, 0) is 85.4 Å². The van der Waals surface area contributed by atoms with Crippen LogP contribution in [-0.4, -0.2) is 59.2 Å². The standard InChI is InChI=1S/C42H45N3O/c1-44-26-28(22-36-35-18-11-19-38-40(35)37(25-39(36)44)41(43-38)29-12-5-2-6-13-29)27-45-32-20-21-33(45)24-34(23-32)46-42(30-14-7-3-8-15-30)31-16-9-4-10-17-31/h2-19,28,32-34,36,39,42-43H,20-27H2,1H3/t28-,32?,33?,34?,36+,39+/m0/s1. The SMILES string of the molecule is CN1C[C@@H](CN2C3CCC2CC(OC(c2ccccc2)c2ccccc2)C3)C[C@@H]2c3cccc4[nH]c(-c5ccccc5)c(c34)C[C@H]21. The Bertz CT molecular complexity index is 1750. The molecule has 4 nitrogen and oxygen atoms in total. The molecule has 46 heavy (non-hydrogen) atoms. The molecule has 3 aliphatic heterocycles. The summed E-state index contributed by atoms with van der Waals surface area (Å²) in [5.74, 6) is 1.29. The normalized spacial score (nSPS) is 27.7. The summed E-state index contributed by atoms with van der Waals surface area (Å²) in [6.45, 7) is 2.42. The summed E-state index contributed by atoms with van der Waals surface area (Å²) in [5, 5.41) is 1.50. The number of ether oxygens (including phenoxy) is 1. The van der Waals surface area contributed by atoms with Gasteiger partial charge in [0.2, 0.25) is 0 Å². The number of nitrogens with one attached hydrogen (secondary N) is 1. The Balaban J connectivity index is 0.926. The number of benzene rings is 4. The van der Waals surface area contributed by atoms with E-state index in [9.17, 15) is 0 Å². The van der Waals surface area contributed by atoms with E-state index in [1.165, 1.54) is 71.2 Å². The fourth-order valence-electron chi connectivity index (χ4n) is 9.85. The Kier molecular flexibility index (Phi) is 7.33. The van der Waals surface area contributed by atoms with Crippen LogP contribution in [0.5, 0.6) is 0 Å². The van der Waals surface area contributed by atoms with Gasteiger partial charge in [-0.25, -0.2) is 0 Å². The van der Waals surface area contributed by atoms with Crippen molar-refractivity contribution in [2.24, 2.45) is 5.92 Å². The first-order valence-corrected chi connectivity index (χ1v) is 17.6. The monoisotopic (exact) mass is 607 g/mol. The Morgan fingerprint density at radius 3 is 2.09 bits per heavy atom. The third kappa shape index (κ3) is 5.02. The Morgan fingerprint density at radius 1 is 0.761 bits per heavy atom. The number of fused-ring (bicyclic) bond motifs is 4. The lowest BCUT2D eigenvalue weighted by Gasteiger charge is -2.48. The number of piperidine rings is 2. The first-order chi connectivity index (χ1) is 22.7. The first kappa shape index (κ1) is 28.5. The van der Waals surface area contributed by atoms with E-state index in [-0.39, 0.29) is 6.10 Å². The molecule has 3 saturated heterocycles. The Labute approximate surface area is 273 Å². The molecular formula is C42H45N3O. The molecule has 9 rings (SSSR count). The van der Waals surface area contributed by atoms with E-state index < -0.39 is 0 Å². The van der Waals surface area contributed by atoms with Gasteiger partial charge in [0.05, 0.1) is 6.10 Å². The number of aromatic nitrogens is 1. The van der Waals surface area contributed by atoms with E-state index in [1.807, 2.05) is 0 Å². The van der Waals surface area contributed by atoms with Gasteiger partial charge in [-0.15, -0.1) is 0 Å². The molecule has 0 amide bonds. The van der Waals surface area contributed by atoms with Crippen molar-refractivity contribution in [1.29, 1.82) is 0 Å². The van der Waals surface area contributed by atoms with Crippen LogP contribution in [0.1, 0.15) is 66.4 Å². The predicted octanol–water partition coefficient (Wildman–Crippen LogP) is 8.60. The summed E-state index contributed by atoms with van der Waals surface area (Å²) < 4.78 is 7.03. The van der Waals surface area contributed by atoms with Crippen LogP contribution in [0.3, 0.4) is 0 Å². The largest absolute Gasteiger partial charge is 0.365 e. The Morgan fingerprint density at radius 2 is 1.41 bits per heavy atom. The number of nitrogens with zero attached hydrogens (tertiary/aromatic N) is 2. The fraction of sp³-hybridized carbons (Fsp3) is 0.381. The molecule has 5 aromatic rings. The smallest absolute Gasteiger partial charge is 0.108 e. The number of H-pyrrole nitrogens is 1. The van der Waals surface area contributed by atoms with Crippen LogP contribution in [-0.2, 0) is 11.2 Å². The quantitative estimate of drug-likeness (QED) is 0.201. The molecule has 2 bridgehead atoms. The number of rotatable bonds is 7. The third-order valence-electron chi connectivity index (χ3n) is 11.8. The molecule has 1 N–H and O–H groups in total. The van der Waals surface area contributed by atoms with Gasteiger partial charge in [0.15, 0.2) is 0 Å². The van der Waals surface area contributed by atoms with Gasteiger partial charge in [0, 0.05) is 53.7 Å². The topological polar surface area (TPSA) is 31.5 Å². The summed E-state index contributed by atoms with van der Waals surface area (Å²) in [7, 11) is 2.39. The summed E-state index contributed by atoms with van der Waals surface area (Å²) in [6, 6.07) is 41.4. The second-order valence-electron chi connectivity index (χ2n) is 14.5. The van der Waals surface area contributed by atoms with Crippen LogP contribution >= 0.6 is 0 Å². The summed E-state index contributed by atoms with van der Waals surface area (Å²) >= 11 is 0. The molecule has 1 aliphatic carbocycles. The molecule has 3 fully saturated rings. The number of likely N-dealkylation sites (N-methyl/N-ethyl adjacent to an activating group) is 1. The van der Waals surface area contributed by atoms with Gasteiger partial charge >= 0.3 is 0 Å². The minimum atomic E-state index is -0.00276. The van der Waals surface area contributed by atoms with Crippen LogP contribution in [0.4, 0.5) is 0 Å². The lowest BCUT2D eigenvalue weighted by atomic mass is 9.71. The maximum atomic E-state index is 7.03. The molecular weight excluding hydrogens is 562 g/mol. The zero-order valence-corrected chi connectivity index (χ0v) is 26.9. The minimum Gasteiger partial charge on any atom is -0.365 e. The number of aromatic amines is 1. The van der Waals surface area contributed by atoms with E-state index in [1.54, 1.807) is 5.56 Å². The lowest BCUT2D eigenvalue weighted by molar-refractivity contribution is -0.0541. The van der Waals surface area contributed by atoms with Crippen molar-refractivity contribution in [2.75, 3.05) is 20.1 Å². The summed E-state index contributed by atoms with van der Waals surface area (Å²) in [4.78, 5) is 9.46. The van der Waals surface area contributed by atoms with E-state index in [0.717, 1.165) is 19.3 Å². The molecule has 234 valence electrons. The van der Waals surface area contributed by atoms with Crippen LogP contribution in [0.25, 0.3) is 22.2 Å². The highest BCUT2D eigenvalue weighted by molar-refractivity contribution is 5.94. The maximum absolute atomic E-state index is 7.03. The molecule has 4 heterocycles. The minimum absolute atomic E-state index is 0.00276. The second-order valence-corrected chi connectivity index (χ2v) is 14.5. The average molecular weight is 608 g/mol. The molecule has 4 heteroatoms. The van der Waals surface area contributed by atoms with Gasteiger partial charge in [-0.2, -0.15) is 0 Å². The molecule has 5 atom stereocenters. The van der Waals surface area contributed by atoms with Crippen molar-refractivity contribution in [3.05, 3.63) is 131 Å². The summed E-state index contributed by atoms with van der Waals surface area (Å²) in [5.41, 5.74) is 9.53. The molecule has 1 aromatic heterocycles. The molecule has 0 spiro atoms. The highest BCUT2D eigenvalue weighted by atomic mass is 16.5. The van der Waals surface area contributed by atoms with Crippen molar-refractivity contribution < 1.29 is 4.74 Å². The maximum Gasteiger partial charge on any atom is 0.108 e. The molecule has 4 aromatic carbocycles. The molecule has 4 aliphatic rings. The van der Waals surface area contributed by atoms with Crippen LogP contribution in [0, 0.1) is 5.92 Å². The number of hydrogen-bond donors (Lipinski definition) is 1. The predicted molar refractivity (Wildman–Crippen MR) is 187 cm³/mol. The highest BCUT2D eigenvalue weighted by Gasteiger charge is 2.45. The first-order valence-electron chi connectivity index (χ1n) is 17.6. The fourth-order valence-corrected chi connectivity index (χ4v) is 9.85. The zero-order chi connectivity index (χ0) is 30.6. The second kappa shape index (κ2) is 11.8. The van der Waals surface area contributed by atoms with Crippen molar-refractivity contribution in [1.82, 2.24) is 14.8 Å². The van der Waals surface area contributed by atoms with Crippen molar-refractivity contribution in [3.63, 3.8) is 0 Å². The van der Waals surface area contributed by atoms with Gasteiger partial charge in [-0.3, -0.25) is 4.90 Å². The lowest BCUT2D eigenvalue weighted by Crippen LogP contribution is -2.53. The molecule has 2 unspecified atom stereocenters. The third-order valence-corrected chi connectivity index (χ3v) is 11.8. The summed E-state index contributed by atoms with van der Waals surface area (Å²) in [6.07, 6.45) is 7.65. The highest BCUT2D eigenvalue weighted by Crippen LogP contribution is 2.48. The van der Waals surface area contributed by atoms with E-state index in [2.05, 4.69) is 131 Å². The molecule has 0 radical (unpaired) electrons. The van der Waals surface area contributed by atoms with Gasteiger partial charge < -0.3 is 14.6 Å². The molecule has 0 saturated carbocycles. The van der Waals surface area contributed by atoms with Gasteiger partial charge in [-0.1, -0.05) is 103 Å². The van der Waals surface area contributed by atoms with E-state index >= 15 is 0 Å².